The van der Waals surface area contributed by atoms with E-state index < -0.39 is 15.3 Å². The Bertz CT molecular complexity index is 332. The molecule has 1 N–H and O–H groups in total. The number of rotatable bonds is 3. The first kappa shape index (κ1) is 10.2. The van der Waals surface area contributed by atoms with Crippen LogP contribution in [0.25, 0.3) is 0 Å². The van der Waals surface area contributed by atoms with Gasteiger partial charge in [-0.1, -0.05) is 12.2 Å². The normalized spacial score (nSPS) is 20.0. The third-order valence-corrected chi connectivity index (χ3v) is 3.68. The van der Waals surface area contributed by atoms with Gasteiger partial charge in [0.05, 0.1) is 6.07 Å². The van der Waals surface area contributed by atoms with Crippen molar-refractivity contribution in [2.45, 2.75) is 31.1 Å². The molecule has 1 rings (SSSR count). The molecule has 0 amide bonds. The number of nitriles is 1. The monoisotopic (exact) mass is 200 g/mol. The van der Waals surface area contributed by atoms with Gasteiger partial charge in [0.2, 0.25) is 10.0 Å². The lowest BCUT2D eigenvalue weighted by Gasteiger charge is -2.13. The molecule has 4 nitrogen and oxygen atoms in total. The van der Waals surface area contributed by atoms with Gasteiger partial charge < -0.3 is 0 Å². The van der Waals surface area contributed by atoms with Crippen molar-refractivity contribution in [1.29, 1.82) is 5.26 Å². The summed E-state index contributed by atoms with van der Waals surface area (Å²) in [6.45, 7) is 1.38. The summed E-state index contributed by atoms with van der Waals surface area (Å²) < 4.78 is 25.2. The van der Waals surface area contributed by atoms with Gasteiger partial charge in [-0.25, -0.2) is 13.1 Å². The van der Waals surface area contributed by atoms with Gasteiger partial charge in [0.1, 0.15) is 0 Å². The lowest BCUT2D eigenvalue weighted by atomic mass is 10.3. The minimum Gasteiger partial charge on any atom is -0.211 e. The van der Waals surface area contributed by atoms with E-state index in [9.17, 15) is 8.42 Å². The molecular weight excluding hydrogens is 188 g/mol. The minimum absolute atomic E-state index is 0.0548. The fraction of sp³-hybridized carbons (Fsp3) is 0.625. The highest BCUT2D eigenvalue weighted by Gasteiger charge is 2.24. The maximum absolute atomic E-state index is 11.4. The molecule has 5 heteroatoms. The van der Waals surface area contributed by atoms with Gasteiger partial charge in [-0.2, -0.15) is 5.26 Å². The Morgan fingerprint density at radius 3 is 2.54 bits per heavy atom. The zero-order valence-electron chi connectivity index (χ0n) is 7.40. The number of hydrogen-bond donors (Lipinski definition) is 1. The average molecular weight is 200 g/mol. The quantitative estimate of drug-likeness (QED) is 0.676. The molecule has 1 aliphatic rings. The summed E-state index contributed by atoms with van der Waals surface area (Å²) in [5.74, 6) is 0. The van der Waals surface area contributed by atoms with Crippen LogP contribution in [0.4, 0.5) is 0 Å². The summed E-state index contributed by atoms with van der Waals surface area (Å²) in [5.41, 5.74) is 0. The van der Waals surface area contributed by atoms with E-state index in [1.54, 1.807) is 6.07 Å². The lowest BCUT2D eigenvalue weighted by Crippen LogP contribution is -2.38. The van der Waals surface area contributed by atoms with E-state index in [0.29, 0.717) is 0 Å². The van der Waals surface area contributed by atoms with E-state index >= 15 is 0 Å². The van der Waals surface area contributed by atoms with Crippen LogP contribution in [0.15, 0.2) is 12.2 Å². The van der Waals surface area contributed by atoms with Gasteiger partial charge in [0.25, 0.3) is 0 Å². The summed E-state index contributed by atoms with van der Waals surface area (Å²) in [5, 5.41) is 7.48. The van der Waals surface area contributed by atoms with Crippen molar-refractivity contribution >= 4 is 10.0 Å². The topological polar surface area (TPSA) is 70.0 Å². The Labute approximate surface area is 78.3 Å². The van der Waals surface area contributed by atoms with Crippen LogP contribution in [0.3, 0.4) is 0 Å². The summed E-state index contributed by atoms with van der Waals surface area (Å²) in [4.78, 5) is 0. The predicted octanol–water partition coefficient (Wildman–Crippen LogP) is 0.536. The van der Waals surface area contributed by atoms with Gasteiger partial charge in [0.15, 0.2) is 5.25 Å². The highest BCUT2D eigenvalue weighted by atomic mass is 32.2. The summed E-state index contributed by atoms with van der Waals surface area (Å²) in [7, 11) is -3.44. The molecule has 0 spiro atoms. The van der Waals surface area contributed by atoms with Crippen LogP contribution in [0.2, 0.25) is 0 Å². The number of nitrogens with zero attached hydrogens (tertiary/aromatic N) is 1. The average Bonchev–Trinajstić information content (AvgIpc) is 2.54. The van der Waals surface area contributed by atoms with Gasteiger partial charge in [-0.05, 0) is 19.8 Å². The van der Waals surface area contributed by atoms with E-state index in [1.807, 2.05) is 12.2 Å². The Morgan fingerprint density at radius 1 is 1.54 bits per heavy atom. The van der Waals surface area contributed by atoms with E-state index in [-0.39, 0.29) is 6.04 Å². The Balaban J connectivity index is 2.58. The molecule has 0 saturated heterocycles. The van der Waals surface area contributed by atoms with Crippen molar-refractivity contribution in [2.24, 2.45) is 0 Å². The molecule has 0 bridgehead atoms. The van der Waals surface area contributed by atoms with Gasteiger partial charge in [-0.3, -0.25) is 0 Å². The Hall–Kier alpha value is -0.860. The third kappa shape index (κ3) is 2.54. The molecule has 0 aromatic rings. The Morgan fingerprint density at radius 2 is 2.08 bits per heavy atom. The minimum atomic E-state index is -3.44. The fourth-order valence-electron chi connectivity index (χ4n) is 1.12. The molecule has 0 aliphatic heterocycles. The maximum Gasteiger partial charge on any atom is 0.227 e. The molecule has 0 heterocycles. The molecule has 0 fully saturated rings. The SMILES string of the molecule is CC(C#N)S(=O)(=O)NC1CC=CC1. The summed E-state index contributed by atoms with van der Waals surface area (Å²) in [6.07, 6.45) is 5.31. The van der Waals surface area contributed by atoms with Crippen LogP contribution in [0, 0.1) is 11.3 Å². The molecule has 1 unspecified atom stereocenters. The number of hydrogen-bond acceptors (Lipinski definition) is 3. The lowest BCUT2D eigenvalue weighted by molar-refractivity contribution is 0.553. The van der Waals surface area contributed by atoms with Crippen molar-refractivity contribution in [3.05, 3.63) is 12.2 Å². The van der Waals surface area contributed by atoms with Gasteiger partial charge >= 0.3 is 0 Å². The number of nitrogens with one attached hydrogen (secondary N) is 1. The van der Waals surface area contributed by atoms with Crippen LogP contribution >= 0.6 is 0 Å². The molecule has 1 aliphatic carbocycles. The van der Waals surface area contributed by atoms with Crippen molar-refractivity contribution in [1.82, 2.24) is 4.72 Å². The standard InChI is InChI=1S/C8H12N2O2S/c1-7(6-9)13(11,12)10-8-4-2-3-5-8/h2-3,7-8,10H,4-5H2,1H3. The second-order valence-corrected chi connectivity index (χ2v) is 5.11. The summed E-state index contributed by atoms with van der Waals surface area (Å²) in [6, 6.07) is 1.65. The van der Waals surface area contributed by atoms with Crippen molar-refractivity contribution in [3.63, 3.8) is 0 Å². The van der Waals surface area contributed by atoms with Crippen molar-refractivity contribution in [2.75, 3.05) is 0 Å². The van der Waals surface area contributed by atoms with E-state index in [0.717, 1.165) is 12.8 Å². The first-order valence-electron chi connectivity index (χ1n) is 4.12. The molecule has 0 saturated carbocycles. The molecule has 0 aromatic carbocycles. The van der Waals surface area contributed by atoms with Gasteiger partial charge in [-0.15, -0.1) is 0 Å². The molecule has 0 radical (unpaired) electrons. The fourth-order valence-corrected chi connectivity index (χ4v) is 2.12. The first-order chi connectivity index (χ1) is 6.06. The van der Waals surface area contributed by atoms with Crippen LogP contribution in [0.1, 0.15) is 19.8 Å². The van der Waals surface area contributed by atoms with Crippen molar-refractivity contribution in [3.8, 4) is 6.07 Å². The summed E-state index contributed by atoms with van der Waals surface area (Å²) >= 11 is 0. The van der Waals surface area contributed by atoms with Crippen LogP contribution in [-0.2, 0) is 10.0 Å². The smallest absolute Gasteiger partial charge is 0.211 e. The highest BCUT2D eigenvalue weighted by molar-refractivity contribution is 7.90. The van der Waals surface area contributed by atoms with E-state index in [2.05, 4.69) is 4.72 Å². The zero-order valence-corrected chi connectivity index (χ0v) is 8.21. The third-order valence-electron chi connectivity index (χ3n) is 1.99. The largest absolute Gasteiger partial charge is 0.227 e. The molecule has 72 valence electrons. The van der Waals surface area contributed by atoms with Crippen LogP contribution in [-0.4, -0.2) is 19.7 Å². The number of sulfonamides is 1. The van der Waals surface area contributed by atoms with Crippen LogP contribution < -0.4 is 4.72 Å². The molecule has 13 heavy (non-hydrogen) atoms. The van der Waals surface area contributed by atoms with E-state index in [1.165, 1.54) is 6.92 Å². The molecular formula is C8H12N2O2S. The Kier molecular flexibility index (Phi) is 3.07. The molecule has 1 atom stereocenters. The van der Waals surface area contributed by atoms with Gasteiger partial charge in [0, 0.05) is 6.04 Å². The van der Waals surface area contributed by atoms with Crippen molar-refractivity contribution < 1.29 is 8.42 Å². The van der Waals surface area contributed by atoms with E-state index in [4.69, 9.17) is 5.26 Å². The second-order valence-electron chi connectivity index (χ2n) is 3.07. The highest BCUT2D eigenvalue weighted by Crippen LogP contribution is 2.11. The predicted molar refractivity (Wildman–Crippen MR) is 49.3 cm³/mol. The molecule has 0 aromatic heterocycles. The zero-order chi connectivity index (χ0) is 9.90. The maximum atomic E-state index is 11.4. The van der Waals surface area contributed by atoms with Crippen LogP contribution in [0.5, 0.6) is 0 Å². The second kappa shape index (κ2) is 3.90. The first-order valence-corrected chi connectivity index (χ1v) is 5.66.